The monoisotopic (exact) mass is 517 g/mol. The number of anilines is 1. The summed E-state index contributed by atoms with van der Waals surface area (Å²) in [6.45, 7) is 8.35. The van der Waals surface area contributed by atoms with E-state index in [9.17, 15) is 20.0 Å². The first kappa shape index (κ1) is 27.6. The number of likely N-dealkylation sites (tertiary alicyclic amines) is 1. The summed E-state index contributed by atoms with van der Waals surface area (Å²) in [6, 6.07) is 7.79. The number of pyridine rings is 1. The van der Waals surface area contributed by atoms with Gasteiger partial charge in [-0.05, 0) is 48.4 Å². The van der Waals surface area contributed by atoms with E-state index in [2.05, 4.69) is 37.3 Å². The van der Waals surface area contributed by atoms with Gasteiger partial charge in [0.2, 0.25) is 5.91 Å². The first-order chi connectivity index (χ1) is 18.1. The predicted octanol–water partition coefficient (Wildman–Crippen LogP) is 4.13. The number of aryl methyl sites for hydroxylation is 1. The maximum absolute atomic E-state index is 14.3. The van der Waals surface area contributed by atoms with Crippen LogP contribution in [0, 0.1) is 18.4 Å². The van der Waals surface area contributed by atoms with E-state index in [1.54, 1.807) is 12.4 Å². The molecule has 8 heteroatoms. The van der Waals surface area contributed by atoms with Crippen molar-refractivity contribution in [3.05, 3.63) is 59.4 Å². The van der Waals surface area contributed by atoms with Gasteiger partial charge in [-0.25, -0.2) is 0 Å². The standard InChI is InChI=1S/C30H39N5O3/c1-20-14-21(17-32-16-20)27(28(37)33-23-8-6-5-7-9-23)35(24-12-10-22(11-13-24)30(2,3)4)29(38)26-15-25(36)18-34(26)19-31/h10-14,16-17,23,25-27,36H,5-9,15,18H2,1-4H3,(H,33,37)/t25-,26-,27?/m1/s1. The average molecular weight is 518 g/mol. The second-order valence-electron chi connectivity index (χ2n) is 11.7. The second-order valence-corrected chi connectivity index (χ2v) is 11.7. The number of carbonyl (C=O) groups excluding carboxylic acids is 2. The van der Waals surface area contributed by atoms with Gasteiger partial charge in [-0.2, -0.15) is 5.26 Å². The number of hydrogen-bond donors (Lipinski definition) is 2. The molecule has 1 unspecified atom stereocenters. The Morgan fingerprint density at radius 1 is 1.16 bits per heavy atom. The number of aliphatic hydroxyl groups is 1. The highest BCUT2D eigenvalue weighted by atomic mass is 16.3. The van der Waals surface area contributed by atoms with Crippen molar-refractivity contribution in [2.24, 2.45) is 0 Å². The third kappa shape index (κ3) is 6.16. The largest absolute Gasteiger partial charge is 0.391 e. The molecule has 1 aliphatic heterocycles. The van der Waals surface area contributed by atoms with E-state index in [4.69, 9.17) is 0 Å². The summed E-state index contributed by atoms with van der Waals surface area (Å²) < 4.78 is 0. The fourth-order valence-electron chi connectivity index (χ4n) is 5.52. The van der Waals surface area contributed by atoms with Gasteiger partial charge in [-0.15, -0.1) is 0 Å². The van der Waals surface area contributed by atoms with Crippen molar-refractivity contribution in [3.8, 4) is 6.19 Å². The molecular weight excluding hydrogens is 478 g/mol. The number of benzene rings is 1. The van der Waals surface area contributed by atoms with Gasteiger partial charge >= 0.3 is 0 Å². The Bertz CT molecular complexity index is 1180. The van der Waals surface area contributed by atoms with E-state index in [-0.39, 0.29) is 30.3 Å². The molecule has 0 spiro atoms. The zero-order chi connectivity index (χ0) is 27.4. The number of carbonyl (C=O) groups is 2. The van der Waals surface area contributed by atoms with Gasteiger partial charge in [0.05, 0.1) is 12.6 Å². The Balaban J connectivity index is 1.81. The fourth-order valence-corrected chi connectivity index (χ4v) is 5.52. The van der Waals surface area contributed by atoms with Gasteiger partial charge in [0.1, 0.15) is 12.1 Å². The number of aliphatic hydroxyl groups excluding tert-OH is 1. The smallest absolute Gasteiger partial charge is 0.251 e. The summed E-state index contributed by atoms with van der Waals surface area (Å²) in [5.41, 5.74) is 3.06. The van der Waals surface area contributed by atoms with Crippen LogP contribution in [-0.4, -0.2) is 51.5 Å². The van der Waals surface area contributed by atoms with Crippen LogP contribution in [0.3, 0.4) is 0 Å². The lowest BCUT2D eigenvalue weighted by atomic mass is 9.87. The Kier molecular flexibility index (Phi) is 8.37. The summed E-state index contributed by atoms with van der Waals surface area (Å²) in [6.07, 6.45) is 9.87. The molecule has 2 aromatic rings. The summed E-state index contributed by atoms with van der Waals surface area (Å²) in [5.74, 6) is -0.656. The van der Waals surface area contributed by atoms with Crippen LogP contribution < -0.4 is 10.2 Å². The number of amides is 2. The van der Waals surface area contributed by atoms with Crippen LogP contribution in [0.25, 0.3) is 0 Å². The molecule has 0 bridgehead atoms. The average Bonchev–Trinajstić information content (AvgIpc) is 3.27. The molecule has 1 saturated heterocycles. The lowest BCUT2D eigenvalue weighted by molar-refractivity contribution is -0.128. The summed E-state index contributed by atoms with van der Waals surface area (Å²) in [4.78, 5) is 35.5. The SMILES string of the molecule is Cc1cncc(C(C(=O)NC2CCCCC2)N(C(=O)[C@H]2C[C@@H](O)CN2C#N)c2ccc(C(C)(C)C)cc2)c1. The number of nitrogens with one attached hydrogen (secondary N) is 1. The van der Waals surface area contributed by atoms with Gasteiger partial charge in [0, 0.05) is 36.1 Å². The molecule has 1 saturated carbocycles. The van der Waals surface area contributed by atoms with Crippen LogP contribution in [-0.2, 0) is 15.0 Å². The van der Waals surface area contributed by atoms with Crippen molar-refractivity contribution in [2.45, 2.75) is 95.9 Å². The molecule has 2 fully saturated rings. The molecule has 38 heavy (non-hydrogen) atoms. The predicted molar refractivity (Wildman–Crippen MR) is 146 cm³/mol. The minimum atomic E-state index is -0.976. The number of β-amino-alcohol motifs (C(OH)–C–C–N with tert-alkyl or cyclic N) is 1. The zero-order valence-electron chi connectivity index (χ0n) is 22.9. The molecule has 2 heterocycles. The van der Waals surface area contributed by atoms with Crippen LogP contribution in [0.15, 0.2) is 42.7 Å². The van der Waals surface area contributed by atoms with Crippen LogP contribution in [0.1, 0.15) is 82.0 Å². The van der Waals surface area contributed by atoms with E-state index in [1.165, 1.54) is 9.80 Å². The molecule has 1 aromatic heterocycles. The van der Waals surface area contributed by atoms with Crippen LogP contribution in [0.2, 0.25) is 0 Å². The van der Waals surface area contributed by atoms with Gasteiger partial charge in [-0.3, -0.25) is 24.4 Å². The van der Waals surface area contributed by atoms with Crippen molar-refractivity contribution in [1.29, 1.82) is 5.26 Å². The number of nitriles is 1. The summed E-state index contributed by atoms with van der Waals surface area (Å²) >= 11 is 0. The van der Waals surface area contributed by atoms with Crippen LogP contribution in [0.4, 0.5) is 5.69 Å². The van der Waals surface area contributed by atoms with E-state index < -0.39 is 24.1 Å². The zero-order valence-corrected chi connectivity index (χ0v) is 22.9. The number of aromatic nitrogens is 1. The summed E-state index contributed by atoms with van der Waals surface area (Å²) in [7, 11) is 0. The Morgan fingerprint density at radius 3 is 2.45 bits per heavy atom. The molecule has 0 radical (unpaired) electrons. The van der Waals surface area contributed by atoms with E-state index >= 15 is 0 Å². The molecule has 8 nitrogen and oxygen atoms in total. The minimum absolute atomic E-state index is 0.0562. The minimum Gasteiger partial charge on any atom is -0.391 e. The molecule has 2 N–H and O–H groups in total. The molecule has 4 rings (SSSR count). The molecule has 2 amide bonds. The fraction of sp³-hybridized carbons (Fsp3) is 0.533. The third-order valence-corrected chi connectivity index (χ3v) is 7.61. The number of nitrogens with zero attached hydrogens (tertiary/aromatic N) is 4. The summed E-state index contributed by atoms with van der Waals surface area (Å²) in [5, 5.41) is 23.2. The first-order valence-corrected chi connectivity index (χ1v) is 13.6. The second kappa shape index (κ2) is 11.5. The molecular formula is C30H39N5O3. The normalized spacial score (nSPS) is 21.0. The maximum Gasteiger partial charge on any atom is 0.251 e. The Hall–Kier alpha value is -3.44. The Labute approximate surface area is 225 Å². The molecule has 202 valence electrons. The van der Waals surface area contributed by atoms with Gasteiger partial charge in [0.15, 0.2) is 6.19 Å². The highest BCUT2D eigenvalue weighted by Crippen LogP contribution is 2.34. The van der Waals surface area contributed by atoms with Crippen LogP contribution >= 0.6 is 0 Å². The van der Waals surface area contributed by atoms with E-state index in [1.807, 2.05) is 37.3 Å². The van der Waals surface area contributed by atoms with E-state index in [0.29, 0.717) is 11.3 Å². The molecule has 3 atom stereocenters. The molecule has 1 aromatic carbocycles. The van der Waals surface area contributed by atoms with Crippen LogP contribution in [0.5, 0.6) is 0 Å². The highest BCUT2D eigenvalue weighted by Gasteiger charge is 2.43. The van der Waals surface area contributed by atoms with Crippen molar-refractivity contribution in [1.82, 2.24) is 15.2 Å². The first-order valence-electron chi connectivity index (χ1n) is 13.6. The topological polar surface area (TPSA) is 110 Å². The number of rotatable bonds is 6. The van der Waals surface area contributed by atoms with Crippen molar-refractivity contribution >= 4 is 17.5 Å². The van der Waals surface area contributed by atoms with Crippen molar-refractivity contribution in [2.75, 3.05) is 11.4 Å². The lowest BCUT2D eigenvalue weighted by Crippen LogP contribution is -2.51. The highest BCUT2D eigenvalue weighted by molar-refractivity contribution is 6.04. The molecule has 2 aliphatic rings. The van der Waals surface area contributed by atoms with Gasteiger partial charge < -0.3 is 10.4 Å². The van der Waals surface area contributed by atoms with Crippen molar-refractivity contribution in [3.63, 3.8) is 0 Å². The van der Waals surface area contributed by atoms with E-state index in [0.717, 1.165) is 43.2 Å². The van der Waals surface area contributed by atoms with Crippen molar-refractivity contribution < 1.29 is 14.7 Å². The quantitative estimate of drug-likeness (QED) is 0.558. The maximum atomic E-state index is 14.3. The lowest BCUT2D eigenvalue weighted by Gasteiger charge is -2.36. The molecule has 1 aliphatic carbocycles. The third-order valence-electron chi connectivity index (χ3n) is 7.61. The van der Waals surface area contributed by atoms with Gasteiger partial charge in [-0.1, -0.05) is 58.2 Å². The van der Waals surface area contributed by atoms with Gasteiger partial charge in [0.25, 0.3) is 5.91 Å². The Morgan fingerprint density at radius 2 is 1.84 bits per heavy atom. The number of hydrogen-bond acceptors (Lipinski definition) is 6.